The van der Waals surface area contributed by atoms with Gasteiger partial charge in [0.1, 0.15) is 5.00 Å². The number of hydrogen-bond donors (Lipinski definition) is 2. The van der Waals surface area contributed by atoms with Gasteiger partial charge in [-0.2, -0.15) is 0 Å². The fourth-order valence-electron chi connectivity index (χ4n) is 1.51. The van der Waals surface area contributed by atoms with Gasteiger partial charge in [0, 0.05) is 12.1 Å². The molecule has 0 bridgehead atoms. The summed E-state index contributed by atoms with van der Waals surface area (Å²) in [7, 11) is -3.95. The van der Waals surface area contributed by atoms with Crippen LogP contribution in [0.5, 0.6) is 0 Å². The highest BCUT2D eigenvalue weighted by Crippen LogP contribution is 2.26. The highest BCUT2D eigenvalue weighted by molar-refractivity contribution is 7.93. The molecule has 0 saturated heterocycles. The van der Waals surface area contributed by atoms with Crippen LogP contribution in [0.25, 0.3) is 0 Å². The molecule has 2 rings (SSSR count). The SMILES string of the molecule is NC(=O)c1ccsc1NS(=O)(=O)c1ccc([N+](=O)[O-])cc1. The van der Waals surface area contributed by atoms with Crippen LogP contribution in [0.4, 0.5) is 10.7 Å². The molecule has 1 aromatic carbocycles. The van der Waals surface area contributed by atoms with E-state index in [4.69, 9.17) is 5.73 Å². The standard InChI is InChI=1S/C11H9N3O5S2/c12-10(15)9-5-6-20-11(9)13-21(18,19)8-3-1-7(2-4-8)14(16)17/h1-6,13H,(H2,12,15). The first-order valence-corrected chi connectivity index (χ1v) is 7.82. The zero-order chi connectivity index (χ0) is 15.6. The zero-order valence-corrected chi connectivity index (χ0v) is 12.0. The molecule has 1 aromatic heterocycles. The highest BCUT2D eigenvalue weighted by Gasteiger charge is 2.19. The molecule has 0 spiro atoms. The molecule has 0 aliphatic carbocycles. The quantitative estimate of drug-likeness (QED) is 0.635. The average Bonchev–Trinajstić information content (AvgIpc) is 2.86. The Morgan fingerprint density at radius 3 is 2.38 bits per heavy atom. The van der Waals surface area contributed by atoms with Crippen molar-refractivity contribution in [3.8, 4) is 0 Å². The summed E-state index contributed by atoms with van der Waals surface area (Å²) in [5.41, 5.74) is 4.97. The average molecular weight is 327 g/mol. The van der Waals surface area contributed by atoms with Crippen LogP contribution >= 0.6 is 11.3 Å². The Balaban J connectivity index is 2.32. The highest BCUT2D eigenvalue weighted by atomic mass is 32.2. The van der Waals surface area contributed by atoms with Gasteiger partial charge in [-0.25, -0.2) is 8.42 Å². The van der Waals surface area contributed by atoms with Crippen LogP contribution in [0.1, 0.15) is 10.4 Å². The van der Waals surface area contributed by atoms with E-state index < -0.39 is 20.9 Å². The molecule has 1 heterocycles. The predicted octanol–water partition coefficient (Wildman–Crippen LogP) is 1.56. The van der Waals surface area contributed by atoms with Gasteiger partial charge in [-0.3, -0.25) is 19.6 Å². The number of nitrogens with two attached hydrogens (primary N) is 1. The number of non-ortho nitro benzene ring substituents is 1. The van der Waals surface area contributed by atoms with E-state index in [-0.39, 0.29) is 21.1 Å². The maximum Gasteiger partial charge on any atom is 0.269 e. The molecule has 0 aliphatic heterocycles. The van der Waals surface area contributed by atoms with Crippen LogP contribution in [0, 0.1) is 10.1 Å². The number of nitrogens with one attached hydrogen (secondary N) is 1. The lowest BCUT2D eigenvalue weighted by molar-refractivity contribution is -0.384. The molecule has 0 aliphatic rings. The molecule has 0 fully saturated rings. The van der Waals surface area contributed by atoms with Gasteiger partial charge in [0.2, 0.25) is 0 Å². The van der Waals surface area contributed by atoms with E-state index in [0.29, 0.717) is 0 Å². The van der Waals surface area contributed by atoms with Gasteiger partial charge in [0.15, 0.2) is 0 Å². The number of primary amides is 1. The van der Waals surface area contributed by atoms with Crippen LogP contribution in [0.15, 0.2) is 40.6 Å². The van der Waals surface area contributed by atoms with Crippen molar-refractivity contribution in [2.75, 3.05) is 4.72 Å². The van der Waals surface area contributed by atoms with E-state index in [1.807, 2.05) is 0 Å². The molecule has 2 aromatic rings. The Morgan fingerprint density at radius 1 is 1.24 bits per heavy atom. The maximum absolute atomic E-state index is 12.1. The van der Waals surface area contributed by atoms with E-state index in [1.165, 1.54) is 11.4 Å². The van der Waals surface area contributed by atoms with Crippen LogP contribution < -0.4 is 10.5 Å². The summed E-state index contributed by atoms with van der Waals surface area (Å²) in [5.74, 6) is -0.752. The number of carbonyl (C=O) groups excluding carboxylic acids is 1. The number of nitro benzene ring substituents is 1. The topological polar surface area (TPSA) is 132 Å². The predicted molar refractivity (Wildman–Crippen MR) is 76.7 cm³/mol. The normalized spacial score (nSPS) is 11.0. The summed E-state index contributed by atoms with van der Waals surface area (Å²) in [5, 5.41) is 12.1. The van der Waals surface area contributed by atoms with Gasteiger partial charge in [0.25, 0.3) is 21.6 Å². The lowest BCUT2D eigenvalue weighted by atomic mass is 10.3. The number of nitro groups is 1. The molecule has 8 nitrogen and oxygen atoms in total. The van der Waals surface area contributed by atoms with Gasteiger partial charge < -0.3 is 5.73 Å². The minimum absolute atomic E-state index is 0.0606. The second-order valence-corrected chi connectivity index (χ2v) is 6.48. The third-order valence-corrected chi connectivity index (χ3v) is 4.84. The second kappa shape index (κ2) is 5.50. The first-order chi connectivity index (χ1) is 9.81. The number of anilines is 1. The van der Waals surface area contributed by atoms with Crippen molar-refractivity contribution in [2.24, 2.45) is 5.73 Å². The number of hydrogen-bond acceptors (Lipinski definition) is 6. The van der Waals surface area contributed by atoms with Gasteiger partial charge >= 0.3 is 0 Å². The smallest absolute Gasteiger partial charge is 0.269 e. The van der Waals surface area contributed by atoms with Crippen molar-refractivity contribution in [3.05, 3.63) is 51.4 Å². The van der Waals surface area contributed by atoms with Crippen molar-refractivity contribution in [3.63, 3.8) is 0 Å². The summed E-state index contributed by atoms with van der Waals surface area (Å²) in [6, 6.07) is 5.78. The third kappa shape index (κ3) is 3.17. The monoisotopic (exact) mass is 327 g/mol. The van der Waals surface area contributed by atoms with Crippen molar-refractivity contribution in [1.29, 1.82) is 0 Å². The number of amides is 1. The van der Waals surface area contributed by atoms with Crippen molar-refractivity contribution < 1.29 is 18.1 Å². The summed E-state index contributed by atoms with van der Waals surface area (Å²) in [4.78, 5) is 20.9. The van der Waals surface area contributed by atoms with E-state index in [2.05, 4.69) is 4.72 Å². The minimum Gasteiger partial charge on any atom is -0.366 e. The van der Waals surface area contributed by atoms with Gasteiger partial charge in [-0.05, 0) is 23.6 Å². The Morgan fingerprint density at radius 2 is 1.86 bits per heavy atom. The fourth-order valence-corrected chi connectivity index (χ4v) is 3.63. The molecule has 10 heteroatoms. The van der Waals surface area contributed by atoms with E-state index in [0.717, 1.165) is 35.6 Å². The van der Waals surface area contributed by atoms with Crippen LogP contribution in [0.3, 0.4) is 0 Å². The summed E-state index contributed by atoms with van der Waals surface area (Å²) in [6.45, 7) is 0. The van der Waals surface area contributed by atoms with Crippen molar-refractivity contribution in [2.45, 2.75) is 4.90 Å². The molecule has 0 unspecified atom stereocenters. The zero-order valence-electron chi connectivity index (χ0n) is 10.3. The molecule has 0 atom stereocenters. The van der Waals surface area contributed by atoms with Crippen LogP contribution in [0.2, 0.25) is 0 Å². The molecule has 21 heavy (non-hydrogen) atoms. The largest absolute Gasteiger partial charge is 0.366 e. The number of nitrogens with zero attached hydrogens (tertiary/aromatic N) is 1. The molecule has 0 saturated carbocycles. The molecule has 110 valence electrons. The van der Waals surface area contributed by atoms with Crippen molar-refractivity contribution in [1.82, 2.24) is 0 Å². The van der Waals surface area contributed by atoms with Crippen LogP contribution in [-0.4, -0.2) is 19.2 Å². The second-order valence-electron chi connectivity index (χ2n) is 3.88. The van der Waals surface area contributed by atoms with Gasteiger partial charge in [0.05, 0.1) is 15.4 Å². The molecular weight excluding hydrogens is 318 g/mol. The first-order valence-electron chi connectivity index (χ1n) is 5.46. The lowest BCUT2D eigenvalue weighted by Crippen LogP contribution is -2.17. The van der Waals surface area contributed by atoms with Crippen LogP contribution in [-0.2, 0) is 10.0 Å². The van der Waals surface area contributed by atoms with E-state index in [1.54, 1.807) is 0 Å². The number of sulfonamides is 1. The fraction of sp³-hybridized carbons (Fsp3) is 0. The number of rotatable bonds is 5. The lowest BCUT2D eigenvalue weighted by Gasteiger charge is -2.07. The van der Waals surface area contributed by atoms with Crippen molar-refractivity contribution >= 4 is 38.0 Å². The van der Waals surface area contributed by atoms with Gasteiger partial charge in [-0.15, -0.1) is 11.3 Å². The summed E-state index contributed by atoms with van der Waals surface area (Å²) in [6.07, 6.45) is 0. The Hall–Kier alpha value is -2.46. The number of thiophene rings is 1. The minimum atomic E-state index is -3.95. The maximum atomic E-state index is 12.1. The molecule has 3 N–H and O–H groups in total. The summed E-state index contributed by atoms with van der Waals surface area (Å²) >= 11 is 1.01. The Kier molecular flexibility index (Phi) is 3.91. The van der Waals surface area contributed by atoms with E-state index in [9.17, 15) is 23.3 Å². The molecule has 0 radical (unpaired) electrons. The van der Waals surface area contributed by atoms with Gasteiger partial charge in [-0.1, -0.05) is 0 Å². The van der Waals surface area contributed by atoms with E-state index >= 15 is 0 Å². The Bertz CT molecular complexity index is 796. The first kappa shape index (κ1) is 14.9. The molecule has 1 amide bonds. The summed E-state index contributed by atoms with van der Waals surface area (Å²) < 4.78 is 26.5. The molecular formula is C11H9N3O5S2. The number of carbonyl (C=O) groups is 1. The third-order valence-electron chi connectivity index (χ3n) is 2.52. The Labute approximate surface area is 123 Å². The number of benzene rings is 1.